The minimum Gasteiger partial charge on any atom is -0.378 e. The van der Waals surface area contributed by atoms with Crippen LogP contribution in [0.5, 0.6) is 0 Å². The lowest BCUT2D eigenvalue weighted by Crippen LogP contribution is -2.37. The predicted molar refractivity (Wildman–Crippen MR) is 128 cm³/mol. The first-order valence-electron chi connectivity index (χ1n) is 10.2. The molecule has 1 aromatic heterocycles. The maximum Gasteiger partial charge on any atom is 0.234 e. The summed E-state index contributed by atoms with van der Waals surface area (Å²) in [5, 5.41) is 7.15. The van der Waals surface area contributed by atoms with Crippen molar-refractivity contribution in [1.82, 2.24) is 15.0 Å². The van der Waals surface area contributed by atoms with E-state index in [-0.39, 0.29) is 11.7 Å². The van der Waals surface area contributed by atoms with Crippen LogP contribution in [0.1, 0.15) is 5.56 Å². The molecular formula is C22H23ClN6O2S. The van der Waals surface area contributed by atoms with Gasteiger partial charge in [0.15, 0.2) is 5.16 Å². The Hall–Kier alpha value is -2.88. The molecule has 2 N–H and O–H groups in total. The van der Waals surface area contributed by atoms with Gasteiger partial charge in [-0.2, -0.15) is 15.0 Å². The molecule has 1 fully saturated rings. The molecule has 0 atom stereocenters. The summed E-state index contributed by atoms with van der Waals surface area (Å²) in [5.74, 6) is 0.992. The predicted octanol–water partition coefficient (Wildman–Crippen LogP) is 4.14. The Balaban J connectivity index is 1.49. The topological polar surface area (TPSA) is 92.3 Å². The van der Waals surface area contributed by atoms with Crippen LogP contribution in [0, 0.1) is 6.92 Å². The number of hydrogen-bond acceptors (Lipinski definition) is 8. The van der Waals surface area contributed by atoms with E-state index < -0.39 is 0 Å². The van der Waals surface area contributed by atoms with Crippen molar-refractivity contribution in [3.05, 3.63) is 59.1 Å². The van der Waals surface area contributed by atoms with Gasteiger partial charge in [-0.15, -0.1) is 0 Å². The highest BCUT2D eigenvalue weighted by atomic mass is 35.5. The monoisotopic (exact) mass is 470 g/mol. The fourth-order valence-corrected chi connectivity index (χ4v) is 3.87. The lowest BCUT2D eigenvalue weighted by Gasteiger charge is -2.27. The van der Waals surface area contributed by atoms with Crippen LogP contribution in [0.15, 0.2) is 53.7 Å². The zero-order valence-corrected chi connectivity index (χ0v) is 19.1. The number of halogens is 1. The number of para-hydroxylation sites is 1. The summed E-state index contributed by atoms with van der Waals surface area (Å²) in [4.78, 5) is 28.2. The van der Waals surface area contributed by atoms with E-state index >= 15 is 0 Å². The van der Waals surface area contributed by atoms with Gasteiger partial charge >= 0.3 is 0 Å². The molecule has 8 nitrogen and oxygen atoms in total. The van der Waals surface area contributed by atoms with Gasteiger partial charge in [0.25, 0.3) is 0 Å². The Bertz CT molecular complexity index is 1080. The molecule has 1 aliphatic heterocycles. The Morgan fingerprint density at radius 2 is 1.91 bits per heavy atom. The van der Waals surface area contributed by atoms with Crippen LogP contribution in [-0.2, 0) is 9.53 Å². The van der Waals surface area contributed by atoms with Crippen molar-refractivity contribution in [1.29, 1.82) is 0 Å². The molecule has 2 heterocycles. The van der Waals surface area contributed by atoms with Crippen molar-refractivity contribution < 1.29 is 9.53 Å². The SMILES string of the molecule is Cc1ccc(Cl)cc1NC(=O)CSc1nc(Nc2ccccc2)nc(N2CCOCC2)n1. The van der Waals surface area contributed by atoms with Crippen molar-refractivity contribution in [3.63, 3.8) is 0 Å². The number of carbonyl (C=O) groups is 1. The maximum atomic E-state index is 12.5. The normalized spacial score (nSPS) is 13.6. The smallest absolute Gasteiger partial charge is 0.234 e. The molecule has 4 rings (SSSR count). The van der Waals surface area contributed by atoms with Crippen LogP contribution < -0.4 is 15.5 Å². The second kappa shape index (κ2) is 10.6. The summed E-state index contributed by atoms with van der Waals surface area (Å²) < 4.78 is 5.43. The van der Waals surface area contributed by atoms with Crippen molar-refractivity contribution in [3.8, 4) is 0 Å². The van der Waals surface area contributed by atoms with Gasteiger partial charge in [0.05, 0.1) is 19.0 Å². The largest absolute Gasteiger partial charge is 0.378 e. The standard InChI is InChI=1S/C22H23ClN6O2S/c1-15-7-8-16(23)13-18(15)25-19(30)14-32-22-27-20(24-17-5-3-2-4-6-17)26-21(28-22)29-9-11-31-12-10-29/h2-8,13H,9-12,14H2,1H3,(H,25,30)(H,24,26,27,28). The molecule has 0 aliphatic carbocycles. The number of nitrogens with one attached hydrogen (secondary N) is 2. The summed E-state index contributed by atoms with van der Waals surface area (Å²) in [5.41, 5.74) is 2.51. The number of hydrogen-bond donors (Lipinski definition) is 2. The van der Waals surface area contributed by atoms with Gasteiger partial charge in [0, 0.05) is 29.5 Å². The highest BCUT2D eigenvalue weighted by Gasteiger charge is 2.18. The number of benzene rings is 2. The Morgan fingerprint density at radius 1 is 1.12 bits per heavy atom. The van der Waals surface area contributed by atoms with Crippen LogP contribution >= 0.6 is 23.4 Å². The molecule has 3 aromatic rings. The third-order valence-corrected chi connectivity index (χ3v) is 5.82. The number of amides is 1. The van der Waals surface area contributed by atoms with E-state index in [0.717, 1.165) is 11.3 Å². The molecule has 1 aliphatic rings. The Morgan fingerprint density at radius 3 is 2.69 bits per heavy atom. The molecular weight excluding hydrogens is 448 g/mol. The number of carbonyl (C=O) groups excluding carboxylic acids is 1. The summed E-state index contributed by atoms with van der Waals surface area (Å²) in [6.45, 7) is 4.57. The molecule has 10 heteroatoms. The average molecular weight is 471 g/mol. The van der Waals surface area contributed by atoms with E-state index in [1.54, 1.807) is 12.1 Å². The van der Waals surface area contributed by atoms with Crippen molar-refractivity contribution in [2.75, 3.05) is 47.6 Å². The summed E-state index contributed by atoms with van der Waals surface area (Å²) in [6.07, 6.45) is 0. The third-order valence-electron chi connectivity index (χ3n) is 4.73. The molecule has 0 bridgehead atoms. The molecule has 166 valence electrons. The fourth-order valence-electron chi connectivity index (χ4n) is 3.07. The van der Waals surface area contributed by atoms with Crippen molar-refractivity contribution in [2.45, 2.75) is 12.1 Å². The summed E-state index contributed by atoms with van der Waals surface area (Å²) in [7, 11) is 0. The Kier molecular flexibility index (Phi) is 7.41. The van der Waals surface area contributed by atoms with Crippen LogP contribution in [0.25, 0.3) is 0 Å². The molecule has 0 saturated carbocycles. The number of morpholine rings is 1. The van der Waals surface area contributed by atoms with Gasteiger partial charge in [-0.05, 0) is 36.8 Å². The van der Waals surface area contributed by atoms with Crippen LogP contribution in [0.3, 0.4) is 0 Å². The first-order chi connectivity index (χ1) is 15.6. The van der Waals surface area contributed by atoms with E-state index in [0.29, 0.717) is 54.1 Å². The number of rotatable bonds is 7. The van der Waals surface area contributed by atoms with Gasteiger partial charge in [-0.1, -0.05) is 47.6 Å². The second-order valence-electron chi connectivity index (χ2n) is 7.13. The van der Waals surface area contributed by atoms with E-state index in [4.69, 9.17) is 16.3 Å². The van der Waals surface area contributed by atoms with Crippen molar-refractivity contribution >= 4 is 52.5 Å². The molecule has 32 heavy (non-hydrogen) atoms. The molecule has 1 amide bonds. The van der Waals surface area contributed by atoms with E-state index in [1.165, 1.54) is 11.8 Å². The van der Waals surface area contributed by atoms with Gasteiger partial charge in [-0.3, -0.25) is 4.79 Å². The average Bonchev–Trinajstić information content (AvgIpc) is 2.81. The minimum atomic E-state index is -0.161. The molecule has 2 aromatic carbocycles. The van der Waals surface area contributed by atoms with Gasteiger partial charge in [-0.25, -0.2) is 0 Å². The first kappa shape index (κ1) is 22.3. The number of nitrogens with zero attached hydrogens (tertiary/aromatic N) is 4. The third kappa shape index (κ3) is 6.09. The lowest BCUT2D eigenvalue weighted by molar-refractivity contribution is -0.113. The van der Waals surface area contributed by atoms with Crippen molar-refractivity contribution in [2.24, 2.45) is 0 Å². The quantitative estimate of drug-likeness (QED) is 0.497. The van der Waals surface area contributed by atoms with Crippen LogP contribution in [-0.4, -0.2) is 52.9 Å². The zero-order chi connectivity index (χ0) is 22.3. The Labute approximate surface area is 195 Å². The molecule has 0 unspecified atom stereocenters. The minimum absolute atomic E-state index is 0.156. The lowest BCUT2D eigenvalue weighted by atomic mass is 10.2. The first-order valence-corrected chi connectivity index (χ1v) is 11.5. The van der Waals surface area contributed by atoms with E-state index in [1.807, 2.05) is 43.3 Å². The van der Waals surface area contributed by atoms with Crippen LogP contribution in [0.2, 0.25) is 5.02 Å². The van der Waals surface area contributed by atoms with Gasteiger partial charge < -0.3 is 20.3 Å². The van der Waals surface area contributed by atoms with E-state index in [9.17, 15) is 4.79 Å². The zero-order valence-electron chi connectivity index (χ0n) is 17.5. The number of aromatic nitrogens is 3. The van der Waals surface area contributed by atoms with Gasteiger partial charge in [0.1, 0.15) is 0 Å². The maximum absolute atomic E-state index is 12.5. The number of thioether (sulfide) groups is 1. The van der Waals surface area contributed by atoms with Gasteiger partial charge in [0.2, 0.25) is 17.8 Å². The van der Waals surface area contributed by atoms with E-state index in [2.05, 4.69) is 30.5 Å². The number of anilines is 4. The number of aryl methyl sites for hydroxylation is 1. The summed E-state index contributed by atoms with van der Waals surface area (Å²) in [6, 6.07) is 15.1. The molecule has 1 saturated heterocycles. The second-order valence-corrected chi connectivity index (χ2v) is 8.51. The highest BCUT2D eigenvalue weighted by molar-refractivity contribution is 7.99. The number of ether oxygens (including phenoxy) is 1. The summed E-state index contributed by atoms with van der Waals surface area (Å²) >= 11 is 7.30. The fraction of sp³-hybridized carbons (Fsp3) is 0.273. The molecule has 0 radical (unpaired) electrons. The van der Waals surface area contributed by atoms with Crippen LogP contribution in [0.4, 0.5) is 23.3 Å². The molecule has 0 spiro atoms. The highest BCUT2D eigenvalue weighted by Crippen LogP contribution is 2.23.